The molecule has 0 aromatic heterocycles. The highest BCUT2D eigenvalue weighted by Crippen LogP contribution is 2.30. The molecule has 1 amide bonds. The van der Waals surface area contributed by atoms with Gasteiger partial charge in [0, 0.05) is 11.1 Å². The average molecular weight is 276 g/mol. The third-order valence-corrected chi connectivity index (χ3v) is 2.84. The smallest absolute Gasteiger partial charge is 0.248 e. The molecule has 2 N–H and O–H groups in total. The van der Waals surface area contributed by atoms with Crippen LogP contribution in [0.2, 0.25) is 0 Å². The van der Waals surface area contributed by atoms with Gasteiger partial charge in [-0.1, -0.05) is 30.3 Å². The van der Waals surface area contributed by atoms with Crippen molar-refractivity contribution < 1.29 is 9.53 Å². The van der Waals surface area contributed by atoms with Crippen LogP contribution in [0.25, 0.3) is 11.1 Å². The molecular weight excluding hydrogens is 262 g/mol. The summed E-state index contributed by atoms with van der Waals surface area (Å²) in [5.41, 5.74) is 7.63. The van der Waals surface area contributed by atoms with Gasteiger partial charge in [0.1, 0.15) is 12.4 Å². The molecule has 4 heteroatoms. The van der Waals surface area contributed by atoms with E-state index in [4.69, 9.17) is 22.1 Å². The molecule has 0 atom stereocenters. The number of amides is 1. The van der Waals surface area contributed by atoms with Crippen molar-refractivity contribution in [2.45, 2.75) is 0 Å². The molecule has 0 aliphatic carbocycles. The lowest BCUT2D eigenvalue weighted by atomic mass is 10.0. The molecule has 0 radical (unpaired) electrons. The van der Waals surface area contributed by atoms with E-state index >= 15 is 0 Å². The number of rotatable bonds is 5. The van der Waals surface area contributed by atoms with E-state index in [-0.39, 0.29) is 0 Å². The van der Waals surface area contributed by atoms with Gasteiger partial charge in [0.25, 0.3) is 0 Å². The monoisotopic (exact) mass is 275 g/mol. The van der Waals surface area contributed by atoms with Crippen molar-refractivity contribution in [1.82, 2.24) is 0 Å². The number of alkyl halides is 1. The van der Waals surface area contributed by atoms with Crippen LogP contribution in [-0.4, -0.2) is 18.4 Å². The largest absolute Gasteiger partial charge is 0.492 e. The standard InChI is InChI=1S/C15H14ClNO2/c16-8-9-19-14-10-12(15(17)18)6-7-13(14)11-4-2-1-3-5-11/h1-7,10H,8-9H2,(H2,17,18). The second kappa shape index (κ2) is 6.25. The topological polar surface area (TPSA) is 52.3 Å². The summed E-state index contributed by atoms with van der Waals surface area (Å²) in [6.45, 7) is 0.379. The summed E-state index contributed by atoms with van der Waals surface area (Å²) < 4.78 is 5.59. The first-order valence-electron chi connectivity index (χ1n) is 5.90. The minimum atomic E-state index is -0.477. The Morgan fingerprint density at radius 2 is 1.89 bits per heavy atom. The maximum absolute atomic E-state index is 11.2. The van der Waals surface area contributed by atoms with Crippen molar-refractivity contribution in [3.63, 3.8) is 0 Å². The quantitative estimate of drug-likeness (QED) is 0.853. The van der Waals surface area contributed by atoms with Crippen molar-refractivity contribution in [2.24, 2.45) is 5.73 Å². The lowest BCUT2D eigenvalue weighted by Gasteiger charge is -2.12. The molecule has 0 bridgehead atoms. The van der Waals surface area contributed by atoms with E-state index in [1.54, 1.807) is 12.1 Å². The maximum atomic E-state index is 11.2. The molecule has 0 fully saturated rings. The van der Waals surface area contributed by atoms with Gasteiger partial charge >= 0.3 is 0 Å². The van der Waals surface area contributed by atoms with Crippen LogP contribution in [-0.2, 0) is 0 Å². The van der Waals surface area contributed by atoms with Crippen LogP contribution >= 0.6 is 11.6 Å². The predicted octanol–water partition coefficient (Wildman–Crippen LogP) is 3.07. The highest BCUT2D eigenvalue weighted by molar-refractivity contribution is 6.18. The number of nitrogens with two attached hydrogens (primary N) is 1. The molecule has 98 valence electrons. The number of primary amides is 1. The minimum Gasteiger partial charge on any atom is -0.492 e. The van der Waals surface area contributed by atoms with Crippen molar-refractivity contribution in [2.75, 3.05) is 12.5 Å². The lowest BCUT2D eigenvalue weighted by Crippen LogP contribution is -2.11. The summed E-state index contributed by atoms with van der Waals surface area (Å²) >= 11 is 5.64. The second-order valence-corrected chi connectivity index (χ2v) is 4.36. The number of ether oxygens (including phenoxy) is 1. The van der Waals surface area contributed by atoms with Crippen LogP contribution in [0.3, 0.4) is 0 Å². The van der Waals surface area contributed by atoms with E-state index in [0.29, 0.717) is 23.8 Å². The van der Waals surface area contributed by atoms with Crippen LogP contribution in [0.1, 0.15) is 10.4 Å². The molecule has 0 saturated heterocycles. The molecule has 0 heterocycles. The Hall–Kier alpha value is -2.00. The van der Waals surface area contributed by atoms with Crippen LogP contribution in [0, 0.1) is 0 Å². The SMILES string of the molecule is NC(=O)c1ccc(-c2ccccc2)c(OCCCl)c1. The van der Waals surface area contributed by atoms with Crippen molar-refractivity contribution in [3.05, 3.63) is 54.1 Å². The van der Waals surface area contributed by atoms with E-state index in [0.717, 1.165) is 11.1 Å². The van der Waals surface area contributed by atoms with Gasteiger partial charge in [-0.25, -0.2) is 0 Å². The Morgan fingerprint density at radius 1 is 1.16 bits per heavy atom. The van der Waals surface area contributed by atoms with Gasteiger partial charge < -0.3 is 10.5 Å². The molecule has 0 spiro atoms. The molecule has 0 aliphatic rings. The Morgan fingerprint density at radius 3 is 2.53 bits per heavy atom. The van der Waals surface area contributed by atoms with Crippen LogP contribution < -0.4 is 10.5 Å². The van der Waals surface area contributed by atoms with Gasteiger partial charge in [0.2, 0.25) is 5.91 Å². The normalized spacial score (nSPS) is 10.2. The number of carbonyl (C=O) groups excluding carboxylic acids is 1. The van der Waals surface area contributed by atoms with Crippen molar-refractivity contribution in [3.8, 4) is 16.9 Å². The van der Waals surface area contributed by atoms with Gasteiger partial charge in [-0.2, -0.15) is 0 Å². The summed E-state index contributed by atoms with van der Waals surface area (Å²) in [6, 6.07) is 15.0. The van der Waals surface area contributed by atoms with Crippen LogP contribution in [0.4, 0.5) is 0 Å². The summed E-state index contributed by atoms with van der Waals surface area (Å²) in [5.74, 6) is 0.521. The van der Waals surface area contributed by atoms with Gasteiger partial charge in [0.15, 0.2) is 0 Å². The molecule has 2 rings (SSSR count). The number of hydrogen-bond donors (Lipinski definition) is 1. The molecule has 3 nitrogen and oxygen atoms in total. The zero-order chi connectivity index (χ0) is 13.7. The number of carbonyl (C=O) groups is 1. The first-order valence-corrected chi connectivity index (χ1v) is 6.44. The first kappa shape index (κ1) is 13.4. The fraction of sp³-hybridized carbons (Fsp3) is 0.133. The molecular formula is C15H14ClNO2. The summed E-state index contributed by atoms with van der Waals surface area (Å²) in [7, 11) is 0. The van der Waals surface area contributed by atoms with Crippen molar-refractivity contribution in [1.29, 1.82) is 0 Å². The Bertz CT molecular complexity index is 570. The minimum absolute atomic E-state index is 0.379. The zero-order valence-corrected chi connectivity index (χ0v) is 11.1. The number of benzene rings is 2. The fourth-order valence-electron chi connectivity index (χ4n) is 1.80. The number of hydrogen-bond acceptors (Lipinski definition) is 2. The average Bonchev–Trinajstić information content (AvgIpc) is 2.45. The van der Waals surface area contributed by atoms with E-state index in [1.165, 1.54) is 0 Å². The van der Waals surface area contributed by atoms with Gasteiger partial charge in [0.05, 0.1) is 5.88 Å². The van der Waals surface area contributed by atoms with Crippen molar-refractivity contribution >= 4 is 17.5 Å². The van der Waals surface area contributed by atoms with E-state index < -0.39 is 5.91 Å². The third kappa shape index (κ3) is 3.26. The summed E-state index contributed by atoms with van der Waals surface area (Å²) in [6.07, 6.45) is 0. The molecule has 0 saturated carbocycles. The predicted molar refractivity (Wildman–Crippen MR) is 76.6 cm³/mol. The Labute approximate surface area is 117 Å². The summed E-state index contributed by atoms with van der Waals surface area (Å²) in [4.78, 5) is 11.2. The zero-order valence-electron chi connectivity index (χ0n) is 10.3. The van der Waals surface area contributed by atoms with Gasteiger partial charge in [-0.3, -0.25) is 4.79 Å². The lowest BCUT2D eigenvalue weighted by molar-refractivity contribution is 0.1000. The van der Waals surface area contributed by atoms with E-state index in [2.05, 4.69) is 0 Å². The molecule has 2 aromatic carbocycles. The highest BCUT2D eigenvalue weighted by Gasteiger charge is 2.10. The molecule has 2 aromatic rings. The maximum Gasteiger partial charge on any atom is 0.248 e. The van der Waals surface area contributed by atoms with Gasteiger partial charge in [-0.05, 0) is 23.8 Å². The van der Waals surface area contributed by atoms with Crippen LogP contribution in [0.15, 0.2) is 48.5 Å². The summed E-state index contributed by atoms with van der Waals surface area (Å²) in [5, 5.41) is 0. The second-order valence-electron chi connectivity index (χ2n) is 3.98. The number of halogens is 1. The molecule has 0 aliphatic heterocycles. The van der Waals surface area contributed by atoms with E-state index in [9.17, 15) is 4.79 Å². The van der Waals surface area contributed by atoms with Gasteiger partial charge in [-0.15, -0.1) is 11.6 Å². The fourth-order valence-corrected chi connectivity index (χ4v) is 1.88. The van der Waals surface area contributed by atoms with Crippen LogP contribution in [0.5, 0.6) is 5.75 Å². The highest BCUT2D eigenvalue weighted by atomic mass is 35.5. The molecule has 0 unspecified atom stereocenters. The van der Waals surface area contributed by atoms with E-state index in [1.807, 2.05) is 36.4 Å². The third-order valence-electron chi connectivity index (χ3n) is 2.69. The molecule has 19 heavy (non-hydrogen) atoms. The Kier molecular flexibility index (Phi) is 4.42. The Balaban J connectivity index is 2.44. The first-order chi connectivity index (χ1) is 9.22.